The van der Waals surface area contributed by atoms with Crippen molar-refractivity contribution >= 4 is 17.5 Å². The Bertz CT molecular complexity index is 1160. The summed E-state index contributed by atoms with van der Waals surface area (Å²) in [6.07, 6.45) is -0.780. The van der Waals surface area contributed by atoms with Crippen LogP contribution in [0.1, 0.15) is 45.9 Å². The number of carbonyl (C=O) groups is 1. The van der Waals surface area contributed by atoms with Crippen molar-refractivity contribution in [1.29, 1.82) is 0 Å². The average molecular weight is 505 g/mol. The number of amides is 1. The number of likely N-dealkylation sites (tertiary alicyclic amines) is 1. The Labute approximate surface area is 206 Å². The summed E-state index contributed by atoms with van der Waals surface area (Å²) in [5.41, 5.74) is 1.43. The SMILES string of the molecule is Cc1cc(C(=O)N2CC[C@@H](CCOc3ccc(C(F)(F)F)cn3)[C@@H](c3ccc(Cl)cc3)C2)cnn1. The summed E-state index contributed by atoms with van der Waals surface area (Å²) in [4.78, 5) is 18.7. The first kappa shape index (κ1) is 24.9. The zero-order valence-corrected chi connectivity index (χ0v) is 19.8. The first-order valence-corrected chi connectivity index (χ1v) is 11.6. The lowest BCUT2D eigenvalue weighted by Crippen LogP contribution is -2.43. The summed E-state index contributed by atoms with van der Waals surface area (Å²) < 4.78 is 43.9. The number of hydrogen-bond acceptors (Lipinski definition) is 5. The minimum atomic E-state index is -4.44. The van der Waals surface area contributed by atoms with Gasteiger partial charge in [-0.1, -0.05) is 23.7 Å². The van der Waals surface area contributed by atoms with E-state index in [4.69, 9.17) is 16.3 Å². The van der Waals surface area contributed by atoms with Gasteiger partial charge in [-0.05, 0) is 55.5 Å². The van der Waals surface area contributed by atoms with Crippen molar-refractivity contribution < 1.29 is 22.7 Å². The lowest BCUT2D eigenvalue weighted by atomic mass is 9.79. The van der Waals surface area contributed by atoms with E-state index in [1.165, 1.54) is 12.3 Å². The number of benzene rings is 1. The normalized spacial score (nSPS) is 18.4. The molecule has 0 radical (unpaired) electrons. The van der Waals surface area contributed by atoms with Gasteiger partial charge in [-0.3, -0.25) is 4.79 Å². The third-order valence-electron chi connectivity index (χ3n) is 6.17. The van der Waals surface area contributed by atoms with Crippen LogP contribution in [0.25, 0.3) is 0 Å². The van der Waals surface area contributed by atoms with Crippen molar-refractivity contribution in [2.75, 3.05) is 19.7 Å². The van der Waals surface area contributed by atoms with E-state index < -0.39 is 11.7 Å². The molecule has 35 heavy (non-hydrogen) atoms. The van der Waals surface area contributed by atoms with Crippen LogP contribution in [0.3, 0.4) is 0 Å². The van der Waals surface area contributed by atoms with Crippen molar-refractivity contribution in [3.05, 3.63) is 82.3 Å². The van der Waals surface area contributed by atoms with Crippen molar-refractivity contribution in [3.8, 4) is 5.88 Å². The molecule has 0 N–H and O–H groups in total. The molecule has 2 atom stereocenters. The summed E-state index contributed by atoms with van der Waals surface area (Å²) in [6, 6.07) is 11.5. The largest absolute Gasteiger partial charge is 0.478 e. The molecule has 4 rings (SSSR count). The lowest BCUT2D eigenvalue weighted by molar-refractivity contribution is -0.137. The highest BCUT2D eigenvalue weighted by Crippen LogP contribution is 2.36. The monoisotopic (exact) mass is 504 g/mol. The summed E-state index contributed by atoms with van der Waals surface area (Å²) in [7, 11) is 0. The molecule has 1 amide bonds. The average Bonchev–Trinajstić information content (AvgIpc) is 2.84. The molecular weight excluding hydrogens is 481 g/mol. The summed E-state index contributed by atoms with van der Waals surface area (Å²) in [6.45, 7) is 3.19. The third-order valence-corrected chi connectivity index (χ3v) is 6.42. The fourth-order valence-electron chi connectivity index (χ4n) is 4.34. The number of halogens is 4. The highest BCUT2D eigenvalue weighted by molar-refractivity contribution is 6.30. The lowest BCUT2D eigenvalue weighted by Gasteiger charge is -2.39. The Balaban J connectivity index is 1.44. The van der Waals surface area contributed by atoms with Gasteiger partial charge in [0.1, 0.15) is 0 Å². The quantitative estimate of drug-likeness (QED) is 0.439. The van der Waals surface area contributed by atoms with Gasteiger partial charge >= 0.3 is 6.18 Å². The van der Waals surface area contributed by atoms with E-state index in [9.17, 15) is 18.0 Å². The van der Waals surface area contributed by atoms with E-state index >= 15 is 0 Å². The summed E-state index contributed by atoms with van der Waals surface area (Å²) >= 11 is 6.08. The number of ether oxygens (including phenoxy) is 1. The standard InChI is InChI=1S/C25H24ClF3N4O2/c1-16-12-19(13-31-32-16)24(34)33-10-8-18(22(15-33)17-2-5-21(26)6-3-17)9-11-35-23-7-4-20(14-30-23)25(27,28)29/h2-7,12-14,18,22H,8-11,15H2,1H3/t18-,22+/m0/s1. The van der Waals surface area contributed by atoms with E-state index in [0.717, 1.165) is 24.2 Å². The minimum absolute atomic E-state index is 0.0463. The van der Waals surface area contributed by atoms with Crippen LogP contribution in [0.5, 0.6) is 5.88 Å². The van der Waals surface area contributed by atoms with Crippen LogP contribution in [0.2, 0.25) is 5.02 Å². The number of alkyl halides is 3. The molecule has 0 aliphatic carbocycles. The van der Waals surface area contributed by atoms with E-state index in [1.807, 2.05) is 29.2 Å². The van der Waals surface area contributed by atoms with Crippen LogP contribution < -0.4 is 4.74 Å². The van der Waals surface area contributed by atoms with Crippen LogP contribution in [-0.2, 0) is 6.18 Å². The van der Waals surface area contributed by atoms with Crippen molar-refractivity contribution in [3.63, 3.8) is 0 Å². The maximum Gasteiger partial charge on any atom is 0.417 e. The maximum atomic E-state index is 13.1. The molecule has 3 heterocycles. The van der Waals surface area contributed by atoms with Crippen LogP contribution in [0.15, 0.2) is 54.9 Å². The van der Waals surface area contributed by atoms with Gasteiger partial charge in [0.2, 0.25) is 5.88 Å². The molecule has 6 nitrogen and oxygen atoms in total. The minimum Gasteiger partial charge on any atom is -0.478 e. The van der Waals surface area contributed by atoms with Crippen LogP contribution in [0.4, 0.5) is 13.2 Å². The molecule has 1 fully saturated rings. The highest BCUT2D eigenvalue weighted by atomic mass is 35.5. The van der Waals surface area contributed by atoms with Crippen molar-refractivity contribution in [2.24, 2.45) is 5.92 Å². The summed E-state index contributed by atoms with van der Waals surface area (Å²) in [5.74, 6) is 0.303. The number of rotatable bonds is 6. The molecule has 0 saturated carbocycles. The van der Waals surface area contributed by atoms with Gasteiger partial charge in [0, 0.05) is 36.3 Å². The first-order chi connectivity index (χ1) is 16.7. The number of hydrogen-bond donors (Lipinski definition) is 0. The number of aromatic nitrogens is 3. The maximum absolute atomic E-state index is 13.1. The second-order valence-electron chi connectivity index (χ2n) is 8.56. The fraction of sp³-hybridized carbons (Fsp3) is 0.360. The van der Waals surface area contributed by atoms with E-state index in [2.05, 4.69) is 15.2 Å². The Morgan fingerprint density at radius 1 is 1.17 bits per heavy atom. The molecule has 0 unspecified atom stereocenters. The van der Waals surface area contributed by atoms with Crippen molar-refractivity contribution in [2.45, 2.75) is 31.9 Å². The zero-order valence-electron chi connectivity index (χ0n) is 19.0. The second kappa shape index (κ2) is 10.6. The number of pyridine rings is 1. The molecule has 10 heteroatoms. The van der Waals surface area contributed by atoms with Gasteiger partial charge < -0.3 is 9.64 Å². The van der Waals surface area contributed by atoms with E-state index in [1.54, 1.807) is 13.0 Å². The number of carbonyl (C=O) groups excluding carboxylic acids is 1. The Kier molecular flexibility index (Phi) is 7.54. The van der Waals surface area contributed by atoms with Gasteiger partial charge in [-0.15, -0.1) is 0 Å². The van der Waals surface area contributed by atoms with Crippen LogP contribution >= 0.6 is 11.6 Å². The number of aryl methyl sites for hydroxylation is 1. The molecule has 184 valence electrons. The van der Waals surface area contributed by atoms with Gasteiger partial charge in [0.05, 0.1) is 29.6 Å². The fourth-order valence-corrected chi connectivity index (χ4v) is 4.47. The van der Waals surface area contributed by atoms with Gasteiger partial charge in [-0.25, -0.2) is 4.98 Å². The van der Waals surface area contributed by atoms with Crippen molar-refractivity contribution in [1.82, 2.24) is 20.1 Å². The molecule has 0 bridgehead atoms. The molecule has 0 spiro atoms. The van der Waals surface area contributed by atoms with Crippen LogP contribution in [0, 0.1) is 12.8 Å². The van der Waals surface area contributed by atoms with E-state index in [0.29, 0.717) is 42.4 Å². The van der Waals surface area contributed by atoms with Gasteiger partial charge in [0.25, 0.3) is 5.91 Å². The number of piperidine rings is 1. The predicted octanol–water partition coefficient (Wildman–Crippen LogP) is 5.57. The molecule has 1 saturated heterocycles. The molecule has 1 aliphatic heterocycles. The molecule has 1 aliphatic rings. The molecule has 3 aromatic rings. The predicted molar refractivity (Wildman–Crippen MR) is 124 cm³/mol. The molecule has 2 aromatic heterocycles. The molecule has 1 aromatic carbocycles. The number of nitrogens with zero attached hydrogens (tertiary/aromatic N) is 4. The first-order valence-electron chi connectivity index (χ1n) is 11.2. The Hall–Kier alpha value is -3.20. The van der Waals surface area contributed by atoms with E-state index in [-0.39, 0.29) is 23.6 Å². The summed E-state index contributed by atoms with van der Waals surface area (Å²) in [5, 5.41) is 8.44. The third kappa shape index (κ3) is 6.28. The highest BCUT2D eigenvalue weighted by Gasteiger charge is 2.33. The topological polar surface area (TPSA) is 68.2 Å². The zero-order chi connectivity index (χ0) is 25.0. The van der Waals surface area contributed by atoms with Gasteiger partial charge in [-0.2, -0.15) is 23.4 Å². The second-order valence-corrected chi connectivity index (χ2v) is 9.00. The Morgan fingerprint density at radius 2 is 1.94 bits per heavy atom. The Morgan fingerprint density at radius 3 is 2.60 bits per heavy atom. The van der Waals surface area contributed by atoms with Crippen LogP contribution in [-0.4, -0.2) is 45.7 Å². The molecular formula is C25H24ClF3N4O2. The van der Waals surface area contributed by atoms with Gasteiger partial charge in [0.15, 0.2) is 0 Å². The smallest absolute Gasteiger partial charge is 0.417 e.